The van der Waals surface area contributed by atoms with Gasteiger partial charge in [-0.3, -0.25) is 19.2 Å². The van der Waals surface area contributed by atoms with Gasteiger partial charge in [-0.15, -0.1) is 0 Å². The molecule has 0 fully saturated rings. The smallest absolute Gasteiger partial charge is 0.328 e. The lowest BCUT2D eigenvalue weighted by molar-refractivity contribution is -0.143. The maximum absolute atomic E-state index is 13.7. The average Bonchev–Trinajstić information content (AvgIpc) is 2.73. The van der Waals surface area contributed by atoms with E-state index in [0.29, 0.717) is 0 Å². The predicted octanol–water partition coefficient (Wildman–Crippen LogP) is 1.07. The van der Waals surface area contributed by atoms with E-state index >= 15 is 0 Å². The van der Waals surface area contributed by atoms with Gasteiger partial charge in [0, 0.05) is 10.9 Å². The highest BCUT2D eigenvalue weighted by atomic mass is 19.1. The molecule has 3 rings (SSSR count). The quantitative estimate of drug-likeness (QED) is 0.453. The van der Waals surface area contributed by atoms with Crippen molar-refractivity contribution in [2.75, 3.05) is 13.7 Å². The minimum Gasteiger partial charge on any atom is -0.494 e. The van der Waals surface area contributed by atoms with Gasteiger partial charge in [-0.1, -0.05) is 18.2 Å². The van der Waals surface area contributed by atoms with Crippen LogP contribution in [0.2, 0.25) is 0 Å². The molecule has 10 heteroatoms. The maximum Gasteiger partial charge on any atom is 0.328 e. The number of Topliss-reactive ketones (excluding diaryl/α,β-unsaturated/α-hetero) is 1. The number of halogens is 1. The molecule has 2 N–H and O–H groups in total. The molecule has 0 aliphatic carbocycles. The van der Waals surface area contributed by atoms with Crippen LogP contribution in [0.15, 0.2) is 47.3 Å². The summed E-state index contributed by atoms with van der Waals surface area (Å²) in [6, 6.07) is 9.74. The fourth-order valence-corrected chi connectivity index (χ4v) is 2.76. The largest absolute Gasteiger partial charge is 0.494 e. The van der Waals surface area contributed by atoms with E-state index in [1.165, 1.54) is 31.4 Å². The van der Waals surface area contributed by atoms with E-state index in [1.54, 1.807) is 12.1 Å². The lowest BCUT2D eigenvalue weighted by Gasteiger charge is -2.09. The molecule has 0 atom stereocenters. The third-order valence-electron chi connectivity index (χ3n) is 4.22. The number of hydrogen-bond acceptors (Lipinski definition) is 7. The average molecular weight is 413 g/mol. The number of nitrogens with two attached hydrogens (primary N) is 1. The molecular weight excluding hydrogens is 397 g/mol. The van der Waals surface area contributed by atoms with Crippen LogP contribution in [-0.4, -0.2) is 41.2 Å². The summed E-state index contributed by atoms with van der Waals surface area (Å²) in [7, 11) is 1.29. The number of ether oxygens (including phenoxy) is 2. The number of primary amides is 1. The fourth-order valence-electron chi connectivity index (χ4n) is 2.76. The molecule has 9 nitrogen and oxygen atoms in total. The summed E-state index contributed by atoms with van der Waals surface area (Å²) in [6.07, 6.45) is 0. The van der Waals surface area contributed by atoms with E-state index in [-0.39, 0.29) is 27.8 Å². The van der Waals surface area contributed by atoms with Crippen LogP contribution in [0.25, 0.3) is 10.8 Å². The first-order chi connectivity index (χ1) is 14.3. The number of benzene rings is 2. The second-order valence-corrected chi connectivity index (χ2v) is 6.15. The van der Waals surface area contributed by atoms with Crippen molar-refractivity contribution in [1.82, 2.24) is 9.78 Å². The van der Waals surface area contributed by atoms with Crippen molar-refractivity contribution in [3.05, 3.63) is 69.9 Å². The number of hydrogen-bond donors (Lipinski definition) is 1. The van der Waals surface area contributed by atoms with Crippen LogP contribution in [0.1, 0.15) is 20.8 Å². The Bertz CT molecular complexity index is 1220. The normalized spacial score (nSPS) is 10.6. The van der Waals surface area contributed by atoms with Crippen molar-refractivity contribution in [3.63, 3.8) is 0 Å². The van der Waals surface area contributed by atoms with Crippen LogP contribution >= 0.6 is 0 Å². The summed E-state index contributed by atoms with van der Waals surface area (Å²) in [5, 5.41) is 4.25. The number of nitrogens with zero attached hydrogens (tertiary/aromatic N) is 2. The van der Waals surface area contributed by atoms with Gasteiger partial charge in [-0.25, -0.2) is 9.07 Å². The zero-order valence-corrected chi connectivity index (χ0v) is 15.8. The topological polar surface area (TPSA) is 131 Å². The summed E-state index contributed by atoms with van der Waals surface area (Å²) in [5.74, 6) is -3.24. The Labute approximate surface area is 168 Å². The first-order valence-electron chi connectivity index (χ1n) is 8.64. The first kappa shape index (κ1) is 20.6. The molecule has 154 valence electrons. The molecule has 30 heavy (non-hydrogen) atoms. The van der Waals surface area contributed by atoms with Crippen LogP contribution in [0, 0.1) is 5.82 Å². The fraction of sp³-hybridized carbons (Fsp3) is 0.150. The van der Waals surface area contributed by atoms with E-state index in [0.717, 1.165) is 10.7 Å². The second kappa shape index (κ2) is 8.52. The monoisotopic (exact) mass is 413 g/mol. The number of ketones is 1. The third-order valence-corrected chi connectivity index (χ3v) is 4.22. The van der Waals surface area contributed by atoms with Crippen molar-refractivity contribution < 1.29 is 28.2 Å². The second-order valence-electron chi connectivity index (χ2n) is 6.15. The molecule has 0 saturated carbocycles. The van der Waals surface area contributed by atoms with E-state index in [1.807, 2.05) is 0 Å². The molecule has 1 amide bonds. The standard InChI is InChI=1S/C20H16FN3O6/c1-29-16-7-6-11(8-14(16)21)15(25)10-30-17(26)9-24-20(28)13-5-3-2-4-12(13)18(23-24)19(22)27/h2-8H,9-10H2,1H3,(H2,22,27). The molecule has 0 spiro atoms. The van der Waals surface area contributed by atoms with Crippen molar-refractivity contribution >= 4 is 28.4 Å². The van der Waals surface area contributed by atoms with Crippen molar-refractivity contribution in [3.8, 4) is 5.75 Å². The van der Waals surface area contributed by atoms with Gasteiger partial charge in [0.15, 0.2) is 29.7 Å². The van der Waals surface area contributed by atoms with Gasteiger partial charge in [0.2, 0.25) is 0 Å². The maximum atomic E-state index is 13.7. The van der Waals surface area contributed by atoms with E-state index in [4.69, 9.17) is 15.2 Å². The number of methoxy groups -OCH3 is 1. The van der Waals surface area contributed by atoms with Gasteiger partial charge in [-0.2, -0.15) is 5.10 Å². The Kier molecular flexibility index (Phi) is 5.86. The molecule has 3 aromatic rings. The highest BCUT2D eigenvalue weighted by Crippen LogP contribution is 2.18. The third kappa shape index (κ3) is 4.17. The molecule has 2 aromatic carbocycles. The van der Waals surface area contributed by atoms with E-state index in [2.05, 4.69) is 5.10 Å². The van der Waals surface area contributed by atoms with E-state index < -0.39 is 42.2 Å². The highest BCUT2D eigenvalue weighted by Gasteiger charge is 2.18. The number of aromatic nitrogens is 2. The van der Waals surface area contributed by atoms with Gasteiger partial charge in [0.25, 0.3) is 11.5 Å². The van der Waals surface area contributed by atoms with Crippen LogP contribution in [-0.2, 0) is 16.1 Å². The number of carbonyl (C=O) groups is 3. The number of carbonyl (C=O) groups excluding carboxylic acids is 3. The van der Waals surface area contributed by atoms with Gasteiger partial charge in [-0.05, 0) is 24.3 Å². The Morgan fingerprint density at radius 1 is 1.13 bits per heavy atom. The zero-order chi connectivity index (χ0) is 21.8. The van der Waals surface area contributed by atoms with Gasteiger partial charge < -0.3 is 15.2 Å². The number of rotatable bonds is 7. The highest BCUT2D eigenvalue weighted by molar-refractivity contribution is 6.04. The Morgan fingerprint density at radius 2 is 1.83 bits per heavy atom. The SMILES string of the molecule is COc1ccc(C(=O)COC(=O)Cn2nc(C(N)=O)c3ccccc3c2=O)cc1F. The number of amides is 1. The van der Waals surface area contributed by atoms with Crippen LogP contribution in [0.3, 0.4) is 0 Å². The van der Waals surface area contributed by atoms with Gasteiger partial charge >= 0.3 is 5.97 Å². The lowest BCUT2D eigenvalue weighted by Crippen LogP contribution is -2.31. The molecule has 1 aromatic heterocycles. The molecule has 0 aliphatic rings. The Hall–Kier alpha value is -4.08. The summed E-state index contributed by atoms with van der Waals surface area (Å²) < 4.78 is 24.1. The molecule has 1 heterocycles. The minimum atomic E-state index is -0.947. The Balaban J connectivity index is 1.75. The molecule has 0 bridgehead atoms. The molecule has 0 saturated heterocycles. The van der Waals surface area contributed by atoms with Gasteiger partial charge in [0.05, 0.1) is 12.5 Å². The minimum absolute atomic E-state index is 0.0156. The number of esters is 1. The van der Waals surface area contributed by atoms with Crippen LogP contribution < -0.4 is 16.0 Å². The van der Waals surface area contributed by atoms with Crippen LogP contribution in [0.4, 0.5) is 4.39 Å². The summed E-state index contributed by atoms with van der Waals surface area (Å²) in [6.45, 7) is -1.32. The van der Waals surface area contributed by atoms with Crippen molar-refractivity contribution in [1.29, 1.82) is 0 Å². The molecule has 0 aliphatic heterocycles. The predicted molar refractivity (Wildman–Crippen MR) is 103 cm³/mol. The number of fused-ring (bicyclic) bond motifs is 1. The Morgan fingerprint density at radius 3 is 2.47 bits per heavy atom. The summed E-state index contributed by atoms with van der Waals surface area (Å²) in [5.41, 5.74) is 4.49. The first-order valence-corrected chi connectivity index (χ1v) is 8.64. The molecule has 0 unspecified atom stereocenters. The van der Waals surface area contributed by atoms with Crippen LogP contribution in [0.5, 0.6) is 5.75 Å². The molecular formula is C20H16FN3O6. The van der Waals surface area contributed by atoms with Gasteiger partial charge in [0.1, 0.15) is 6.54 Å². The van der Waals surface area contributed by atoms with Crippen molar-refractivity contribution in [2.24, 2.45) is 5.73 Å². The van der Waals surface area contributed by atoms with E-state index in [9.17, 15) is 23.6 Å². The zero-order valence-electron chi connectivity index (χ0n) is 15.8. The summed E-state index contributed by atoms with van der Waals surface area (Å²) >= 11 is 0. The van der Waals surface area contributed by atoms with Crippen molar-refractivity contribution in [2.45, 2.75) is 6.54 Å². The lowest BCUT2D eigenvalue weighted by atomic mass is 10.1. The molecule has 0 radical (unpaired) electrons. The summed E-state index contributed by atoms with van der Waals surface area (Å²) in [4.78, 5) is 48.4.